The van der Waals surface area contributed by atoms with E-state index in [4.69, 9.17) is 0 Å². The molecule has 0 amide bonds. The van der Waals surface area contributed by atoms with Crippen molar-refractivity contribution in [2.75, 3.05) is 14.1 Å². The summed E-state index contributed by atoms with van der Waals surface area (Å²) in [5, 5.41) is 0. The van der Waals surface area contributed by atoms with E-state index in [9.17, 15) is 0 Å². The van der Waals surface area contributed by atoms with Gasteiger partial charge in [-0.3, -0.25) is 0 Å². The first-order chi connectivity index (χ1) is 6.66. The Balaban J connectivity index is 2.00. The van der Waals surface area contributed by atoms with Crippen LogP contribution in [-0.4, -0.2) is 35.0 Å². The van der Waals surface area contributed by atoms with Gasteiger partial charge in [-0.05, 0) is 39.9 Å². The van der Waals surface area contributed by atoms with Gasteiger partial charge < -0.3 is 4.90 Å². The van der Waals surface area contributed by atoms with Crippen molar-refractivity contribution in [3.05, 3.63) is 23.8 Å². The fourth-order valence-corrected chi connectivity index (χ4v) is 1.89. The summed E-state index contributed by atoms with van der Waals surface area (Å²) < 4.78 is 0. The molecule has 1 aromatic rings. The summed E-state index contributed by atoms with van der Waals surface area (Å²) in [5.74, 6) is 1.62. The molecule has 1 fully saturated rings. The highest BCUT2D eigenvalue weighted by Gasteiger charge is 2.33. The largest absolute Gasteiger partial charge is 0.306 e. The first kappa shape index (κ1) is 9.59. The highest BCUT2D eigenvalue weighted by atomic mass is 15.1. The van der Waals surface area contributed by atoms with Gasteiger partial charge in [0.15, 0.2) is 0 Å². The Hall–Kier alpha value is -0.960. The van der Waals surface area contributed by atoms with Crippen LogP contribution in [0.15, 0.2) is 12.3 Å². The molecular weight excluding hydrogens is 174 g/mol. The maximum Gasteiger partial charge on any atom is 0.131 e. The maximum absolute atomic E-state index is 4.46. The summed E-state index contributed by atoms with van der Waals surface area (Å²) in [4.78, 5) is 11.1. The standard InChI is InChI=1S/C11H17N3/c1-8-4-5-12-11(13-8)9-6-10(7-9)14(2)3/h4-5,9-10H,6-7H2,1-3H3. The van der Waals surface area contributed by atoms with Gasteiger partial charge in [0, 0.05) is 23.9 Å². The molecule has 0 aromatic carbocycles. The molecule has 3 heteroatoms. The minimum Gasteiger partial charge on any atom is -0.306 e. The lowest BCUT2D eigenvalue weighted by molar-refractivity contribution is 0.161. The molecule has 3 nitrogen and oxygen atoms in total. The molecule has 0 radical (unpaired) electrons. The summed E-state index contributed by atoms with van der Waals surface area (Å²) in [5.41, 5.74) is 1.07. The van der Waals surface area contributed by atoms with Crippen molar-refractivity contribution in [1.29, 1.82) is 0 Å². The Bertz CT molecular complexity index is 316. The molecule has 76 valence electrons. The highest BCUT2D eigenvalue weighted by Crippen LogP contribution is 2.36. The Kier molecular flexibility index (Phi) is 2.50. The van der Waals surface area contributed by atoms with Crippen LogP contribution in [0.2, 0.25) is 0 Å². The summed E-state index contributed by atoms with van der Waals surface area (Å²) >= 11 is 0. The average molecular weight is 191 g/mol. The van der Waals surface area contributed by atoms with Gasteiger partial charge in [-0.15, -0.1) is 0 Å². The molecule has 0 N–H and O–H groups in total. The Morgan fingerprint density at radius 2 is 2.07 bits per heavy atom. The second-order valence-corrected chi connectivity index (χ2v) is 4.34. The monoisotopic (exact) mass is 191 g/mol. The number of hydrogen-bond acceptors (Lipinski definition) is 3. The van der Waals surface area contributed by atoms with E-state index in [0.29, 0.717) is 5.92 Å². The van der Waals surface area contributed by atoms with E-state index in [1.54, 1.807) is 0 Å². The number of hydrogen-bond donors (Lipinski definition) is 0. The molecule has 0 bridgehead atoms. The third-order valence-electron chi connectivity index (χ3n) is 3.02. The Labute approximate surface area is 85.2 Å². The summed E-state index contributed by atoms with van der Waals surface area (Å²) in [6, 6.07) is 2.68. The molecule has 0 spiro atoms. The zero-order valence-electron chi connectivity index (χ0n) is 9.07. The van der Waals surface area contributed by atoms with Crippen LogP contribution in [0.1, 0.15) is 30.3 Å². The molecule has 14 heavy (non-hydrogen) atoms. The quantitative estimate of drug-likeness (QED) is 0.711. The zero-order chi connectivity index (χ0) is 10.1. The van der Waals surface area contributed by atoms with Crippen molar-refractivity contribution in [3.8, 4) is 0 Å². The van der Waals surface area contributed by atoms with E-state index >= 15 is 0 Å². The smallest absolute Gasteiger partial charge is 0.131 e. The summed E-state index contributed by atoms with van der Waals surface area (Å²) in [7, 11) is 4.27. The molecule has 0 unspecified atom stereocenters. The van der Waals surface area contributed by atoms with Crippen LogP contribution in [0.25, 0.3) is 0 Å². The van der Waals surface area contributed by atoms with Gasteiger partial charge in [0.1, 0.15) is 5.82 Å². The zero-order valence-corrected chi connectivity index (χ0v) is 9.07. The van der Waals surface area contributed by atoms with E-state index in [1.165, 1.54) is 12.8 Å². The first-order valence-electron chi connectivity index (χ1n) is 5.13. The minimum atomic E-state index is 0.585. The van der Waals surface area contributed by atoms with Crippen LogP contribution in [0, 0.1) is 6.92 Å². The Morgan fingerprint density at radius 1 is 1.36 bits per heavy atom. The molecule has 0 atom stereocenters. The maximum atomic E-state index is 4.46. The van der Waals surface area contributed by atoms with E-state index in [2.05, 4.69) is 29.0 Å². The lowest BCUT2D eigenvalue weighted by Crippen LogP contribution is -2.39. The highest BCUT2D eigenvalue weighted by molar-refractivity contribution is 5.09. The number of nitrogens with zero attached hydrogens (tertiary/aromatic N) is 3. The van der Waals surface area contributed by atoms with Gasteiger partial charge in [-0.2, -0.15) is 0 Å². The van der Waals surface area contributed by atoms with Crippen LogP contribution in [-0.2, 0) is 0 Å². The summed E-state index contributed by atoms with van der Waals surface area (Å²) in [6.07, 6.45) is 4.27. The van der Waals surface area contributed by atoms with Gasteiger partial charge >= 0.3 is 0 Å². The number of aryl methyl sites for hydroxylation is 1. The second-order valence-electron chi connectivity index (χ2n) is 4.34. The molecule has 1 aliphatic carbocycles. The number of rotatable bonds is 2. The molecule has 0 saturated heterocycles. The molecule has 1 aliphatic rings. The van der Waals surface area contributed by atoms with Crippen molar-refractivity contribution < 1.29 is 0 Å². The topological polar surface area (TPSA) is 29.0 Å². The predicted molar refractivity (Wildman–Crippen MR) is 56.2 cm³/mol. The number of aromatic nitrogens is 2. The van der Waals surface area contributed by atoms with Crippen LogP contribution < -0.4 is 0 Å². The summed E-state index contributed by atoms with van der Waals surface area (Å²) in [6.45, 7) is 2.02. The molecular formula is C11H17N3. The molecule has 1 heterocycles. The lowest BCUT2D eigenvalue weighted by Gasteiger charge is -2.38. The Morgan fingerprint density at radius 3 is 2.64 bits per heavy atom. The van der Waals surface area contributed by atoms with E-state index in [-0.39, 0.29) is 0 Å². The van der Waals surface area contributed by atoms with Gasteiger partial charge in [-0.1, -0.05) is 0 Å². The minimum absolute atomic E-state index is 0.585. The van der Waals surface area contributed by atoms with Gasteiger partial charge in [0.25, 0.3) is 0 Å². The molecule has 1 saturated carbocycles. The van der Waals surface area contributed by atoms with Crippen LogP contribution >= 0.6 is 0 Å². The molecule has 1 aromatic heterocycles. The van der Waals surface area contributed by atoms with Crippen LogP contribution in [0.3, 0.4) is 0 Å². The SMILES string of the molecule is Cc1ccnc(C2CC(N(C)C)C2)n1. The normalized spacial score (nSPS) is 26.3. The van der Waals surface area contributed by atoms with Crippen LogP contribution in [0.5, 0.6) is 0 Å². The first-order valence-corrected chi connectivity index (χ1v) is 5.13. The van der Waals surface area contributed by atoms with E-state index in [1.807, 2.05) is 19.2 Å². The third kappa shape index (κ3) is 1.77. The fraction of sp³-hybridized carbons (Fsp3) is 0.636. The lowest BCUT2D eigenvalue weighted by atomic mass is 9.79. The van der Waals surface area contributed by atoms with Crippen molar-refractivity contribution in [1.82, 2.24) is 14.9 Å². The van der Waals surface area contributed by atoms with Crippen molar-refractivity contribution >= 4 is 0 Å². The van der Waals surface area contributed by atoms with Crippen molar-refractivity contribution in [3.63, 3.8) is 0 Å². The van der Waals surface area contributed by atoms with Crippen LogP contribution in [0.4, 0.5) is 0 Å². The van der Waals surface area contributed by atoms with Crippen molar-refractivity contribution in [2.45, 2.75) is 31.7 Å². The molecule has 0 aliphatic heterocycles. The van der Waals surface area contributed by atoms with Gasteiger partial charge in [-0.25, -0.2) is 9.97 Å². The van der Waals surface area contributed by atoms with E-state index in [0.717, 1.165) is 17.6 Å². The predicted octanol–water partition coefficient (Wildman–Crippen LogP) is 1.59. The average Bonchev–Trinajstić information content (AvgIpc) is 2.00. The van der Waals surface area contributed by atoms with Gasteiger partial charge in [0.2, 0.25) is 0 Å². The molecule has 2 rings (SSSR count). The third-order valence-corrected chi connectivity index (χ3v) is 3.02. The van der Waals surface area contributed by atoms with Crippen molar-refractivity contribution in [2.24, 2.45) is 0 Å². The second kappa shape index (κ2) is 3.65. The van der Waals surface area contributed by atoms with Gasteiger partial charge in [0.05, 0.1) is 0 Å². The fourth-order valence-electron chi connectivity index (χ4n) is 1.89. The van der Waals surface area contributed by atoms with E-state index < -0.39 is 0 Å².